The van der Waals surface area contributed by atoms with Crippen LogP contribution in [0.15, 0.2) is 12.7 Å². The number of carbonyl (C=O) groups excluding carboxylic acids is 1. The normalized spacial score (nSPS) is 29.8. The van der Waals surface area contributed by atoms with Gasteiger partial charge in [0.1, 0.15) is 5.78 Å². The van der Waals surface area contributed by atoms with Crippen LogP contribution in [0.3, 0.4) is 0 Å². The fourth-order valence-electron chi connectivity index (χ4n) is 2.67. The van der Waals surface area contributed by atoms with Gasteiger partial charge in [-0.05, 0) is 30.6 Å². The summed E-state index contributed by atoms with van der Waals surface area (Å²) in [4.78, 5) is 12.0. The number of hydrogen-bond acceptors (Lipinski definition) is 1. The minimum atomic E-state index is 0.300. The highest BCUT2D eigenvalue weighted by atomic mass is 16.1. The van der Waals surface area contributed by atoms with Crippen LogP contribution in [0.1, 0.15) is 52.9 Å². The van der Waals surface area contributed by atoms with Crippen LogP contribution >= 0.6 is 0 Å². The summed E-state index contributed by atoms with van der Waals surface area (Å²) in [6.45, 7) is 10.5. The van der Waals surface area contributed by atoms with Crippen LogP contribution in [0.25, 0.3) is 0 Å². The number of ketones is 1. The molecule has 0 spiro atoms. The number of carbonyl (C=O) groups is 1. The highest BCUT2D eigenvalue weighted by molar-refractivity contribution is 5.81. The van der Waals surface area contributed by atoms with Gasteiger partial charge in [0.25, 0.3) is 0 Å². The van der Waals surface area contributed by atoms with E-state index in [1.165, 1.54) is 12.8 Å². The van der Waals surface area contributed by atoms with Gasteiger partial charge < -0.3 is 0 Å². The first kappa shape index (κ1) is 12.5. The minimum absolute atomic E-state index is 0.300. The first-order chi connectivity index (χ1) is 6.99. The SMILES string of the molecule is C=CCCC(=O)C1CCCC(C)(C)C1C. The molecule has 1 nitrogen and oxygen atoms in total. The Kier molecular flexibility index (Phi) is 4.12. The largest absolute Gasteiger partial charge is 0.299 e. The minimum Gasteiger partial charge on any atom is -0.299 e. The first-order valence-corrected chi connectivity index (χ1v) is 6.12. The predicted octanol–water partition coefficient (Wildman–Crippen LogP) is 3.98. The van der Waals surface area contributed by atoms with Crippen molar-refractivity contribution < 1.29 is 4.79 Å². The zero-order valence-corrected chi connectivity index (χ0v) is 10.4. The van der Waals surface area contributed by atoms with Crippen LogP contribution in [0.2, 0.25) is 0 Å². The van der Waals surface area contributed by atoms with Crippen molar-refractivity contribution in [2.45, 2.75) is 52.9 Å². The van der Waals surface area contributed by atoms with Gasteiger partial charge in [-0.25, -0.2) is 0 Å². The summed E-state index contributed by atoms with van der Waals surface area (Å²) in [6, 6.07) is 0. The summed E-state index contributed by atoms with van der Waals surface area (Å²) in [7, 11) is 0. The van der Waals surface area contributed by atoms with Crippen LogP contribution in [-0.2, 0) is 4.79 Å². The molecule has 1 fully saturated rings. The van der Waals surface area contributed by atoms with E-state index in [2.05, 4.69) is 27.4 Å². The average Bonchev–Trinajstić information content (AvgIpc) is 2.18. The van der Waals surface area contributed by atoms with Crippen molar-refractivity contribution in [3.63, 3.8) is 0 Å². The van der Waals surface area contributed by atoms with Gasteiger partial charge in [0.15, 0.2) is 0 Å². The van der Waals surface area contributed by atoms with E-state index in [-0.39, 0.29) is 0 Å². The lowest BCUT2D eigenvalue weighted by Gasteiger charge is -2.41. The van der Waals surface area contributed by atoms with Gasteiger partial charge in [0.05, 0.1) is 0 Å². The van der Waals surface area contributed by atoms with Crippen LogP contribution < -0.4 is 0 Å². The third kappa shape index (κ3) is 2.93. The third-order valence-electron chi connectivity index (χ3n) is 4.18. The fraction of sp³-hybridized carbons (Fsp3) is 0.786. The smallest absolute Gasteiger partial charge is 0.136 e. The molecule has 1 aliphatic rings. The lowest BCUT2D eigenvalue weighted by molar-refractivity contribution is -0.127. The maximum absolute atomic E-state index is 12.0. The van der Waals surface area contributed by atoms with E-state index in [9.17, 15) is 4.79 Å². The molecule has 1 saturated carbocycles. The van der Waals surface area contributed by atoms with E-state index < -0.39 is 0 Å². The topological polar surface area (TPSA) is 17.1 Å². The molecule has 2 unspecified atom stereocenters. The molecule has 0 amide bonds. The molecule has 15 heavy (non-hydrogen) atoms. The van der Waals surface area contributed by atoms with E-state index in [1.807, 2.05) is 6.08 Å². The van der Waals surface area contributed by atoms with Crippen LogP contribution in [-0.4, -0.2) is 5.78 Å². The Bertz CT molecular complexity index is 240. The van der Waals surface area contributed by atoms with Crippen molar-refractivity contribution in [3.05, 3.63) is 12.7 Å². The Hall–Kier alpha value is -0.590. The zero-order valence-electron chi connectivity index (χ0n) is 10.4. The first-order valence-electron chi connectivity index (χ1n) is 6.12. The average molecular weight is 208 g/mol. The molecule has 0 saturated heterocycles. The van der Waals surface area contributed by atoms with Crippen molar-refractivity contribution >= 4 is 5.78 Å². The quantitative estimate of drug-likeness (QED) is 0.639. The van der Waals surface area contributed by atoms with Crippen molar-refractivity contribution in [2.24, 2.45) is 17.3 Å². The molecule has 1 aliphatic carbocycles. The standard InChI is InChI=1S/C14H24O/c1-5-6-9-13(15)12-8-7-10-14(3,4)11(12)2/h5,11-12H,1,6-10H2,2-4H3. The van der Waals surface area contributed by atoms with Crippen molar-refractivity contribution in [2.75, 3.05) is 0 Å². The predicted molar refractivity (Wildman–Crippen MR) is 64.7 cm³/mol. The second kappa shape index (κ2) is 4.96. The number of hydrogen-bond donors (Lipinski definition) is 0. The van der Waals surface area contributed by atoms with Gasteiger partial charge in [-0.15, -0.1) is 6.58 Å². The second-order valence-electron chi connectivity index (χ2n) is 5.57. The Morgan fingerprint density at radius 3 is 2.80 bits per heavy atom. The summed E-state index contributed by atoms with van der Waals surface area (Å²) < 4.78 is 0. The second-order valence-corrected chi connectivity index (χ2v) is 5.57. The molecular formula is C14H24O. The molecule has 1 rings (SSSR count). The highest BCUT2D eigenvalue weighted by Gasteiger charge is 2.38. The molecule has 0 radical (unpaired) electrons. The maximum atomic E-state index is 12.0. The Labute approximate surface area is 93.9 Å². The molecule has 2 atom stereocenters. The summed E-state index contributed by atoms with van der Waals surface area (Å²) in [6.07, 6.45) is 6.94. The Morgan fingerprint density at radius 2 is 2.20 bits per heavy atom. The summed E-state index contributed by atoms with van der Waals surface area (Å²) in [5.41, 5.74) is 0.340. The zero-order chi connectivity index (χ0) is 11.5. The van der Waals surface area contributed by atoms with Crippen molar-refractivity contribution in [1.82, 2.24) is 0 Å². The molecule has 0 bridgehead atoms. The van der Waals surface area contributed by atoms with E-state index in [4.69, 9.17) is 0 Å². The van der Waals surface area contributed by atoms with Crippen LogP contribution in [0.4, 0.5) is 0 Å². The summed E-state index contributed by atoms with van der Waals surface area (Å²) in [5.74, 6) is 1.28. The lowest BCUT2D eigenvalue weighted by atomic mass is 9.63. The number of rotatable bonds is 4. The van der Waals surface area contributed by atoms with E-state index >= 15 is 0 Å². The van der Waals surface area contributed by atoms with Crippen LogP contribution in [0, 0.1) is 17.3 Å². The molecule has 0 aromatic carbocycles. The Balaban J connectivity index is 2.60. The fourth-order valence-corrected chi connectivity index (χ4v) is 2.67. The Morgan fingerprint density at radius 1 is 1.53 bits per heavy atom. The van der Waals surface area contributed by atoms with Crippen molar-refractivity contribution in [1.29, 1.82) is 0 Å². The molecule has 1 heteroatoms. The lowest BCUT2D eigenvalue weighted by Crippen LogP contribution is -2.36. The molecular weight excluding hydrogens is 184 g/mol. The van der Waals surface area contributed by atoms with Gasteiger partial charge in [-0.2, -0.15) is 0 Å². The summed E-state index contributed by atoms with van der Waals surface area (Å²) in [5, 5.41) is 0. The summed E-state index contributed by atoms with van der Waals surface area (Å²) >= 11 is 0. The monoisotopic (exact) mass is 208 g/mol. The van der Waals surface area contributed by atoms with Crippen molar-refractivity contribution in [3.8, 4) is 0 Å². The molecule has 0 aromatic heterocycles. The maximum Gasteiger partial charge on any atom is 0.136 e. The van der Waals surface area contributed by atoms with Gasteiger partial charge >= 0.3 is 0 Å². The number of allylic oxidation sites excluding steroid dienone is 1. The van der Waals surface area contributed by atoms with Gasteiger partial charge in [0, 0.05) is 12.3 Å². The number of Topliss-reactive ketones (excluding diaryl/α,β-unsaturated/α-hetero) is 1. The van der Waals surface area contributed by atoms with Gasteiger partial charge in [-0.1, -0.05) is 33.3 Å². The van der Waals surface area contributed by atoms with Gasteiger partial charge in [0.2, 0.25) is 0 Å². The molecule has 0 aliphatic heterocycles. The van der Waals surface area contributed by atoms with E-state index in [0.717, 1.165) is 12.8 Å². The highest BCUT2D eigenvalue weighted by Crippen LogP contribution is 2.44. The molecule has 0 N–H and O–H groups in total. The molecule has 0 aromatic rings. The van der Waals surface area contributed by atoms with E-state index in [1.54, 1.807) is 0 Å². The van der Waals surface area contributed by atoms with Gasteiger partial charge in [-0.3, -0.25) is 4.79 Å². The molecule has 86 valence electrons. The van der Waals surface area contributed by atoms with E-state index in [0.29, 0.717) is 29.5 Å². The molecule has 0 heterocycles. The van der Waals surface area contributed by atoms with Crippen LogP contribution in [0.5, 0.6) is 0 Å². The third-order valence-corrected chi connectivity index (χ3v) is 4.18.